The number of carbonyl (C=O) groups is 3. The molecule has 0 radical (unpaired) electrons. The Morgan fingerprint density at radius 1 is 1.24 bits per heavy atom. The summed E-state index contributed by atoms with van der Waals surface area (Å²) in [5.74, 6) is -0.757. The average molecular weight is 338 g/mol. The third-order valence-corrected chi connectivity index (χ3v) is 4.42. The highest BCUT2D eigenvalue weighted by atomic mass is 16.5. The van der Waals surface area contributed by atoms with Gasteiger partial charge in [0.1, 0.15) is 17.6 Å². The largest absolute Gasteiger partial charge is 0.508 e. The molecule has 3 rings (SSSR count). The third kappa shape index (κ3) is 3.05. The molecule has 0 aromatic heterocycles. The molecule has 1 atom stereocenters. The first-order chi connectivity index (χ1) is 11.8. The van der Waals surface area contributed by atoms with Gasteiger partial charge in [-0.15, -0.1) is 0 Å². The minimum absolute atomic E-state index is 0.0178. The van der Waals surface area contributed by atoms with Crippen molar-refractivity contribution in [2.45, 2.75) is 32.3 Å². The van der Waals surface area contributed by atoms with Crippen LogP contribution >= 0.6 is 0 Å². The minimum atomic E-state index is -0.747. The summed E-state index contributed by atoms with van der Waals surface area (Å²) in [6.07, 6.45) is 7.15. The first-order valence-corrected chi connectivity index (χ1v) is 8.01. The molecule has 1 aromatic carbocycles. The number of Topliss-reactive ketones (excluding diaryl/α,β-unsaturated/α-hetero) is 2. The van der Waals surface area contributed by atoms with E-state index in [0.717, 1.165) is 6.29 Å². The smallest absolute Gasteiger partial charge is 0.229 e. The number of aldehydes is 1. The van der Waals surface area contributed by atoms with Crippen molar-refractivity contribution in [3.05, 3.63) is 64.5 Å². The zero-order valence-electron chi connectivity index (χ0n) is 14.0. The van der Waals surface area contributed by atoms with E-state index in [4.69, 9.17) is 4.74 Å². The van der Waals surface area contributed by atoms with E-state index in [1.54, 1.807) is 25.2 Å². The summed E-state index contributed by atoms with van der Waals surface area (Å²) in [7, 11) is 0. The van der Waals surface area contributed by atoms with Gasteiger partial charge in [-0.2, -0.15) is 0 Å². The molecule has 1 aliphatic heterocycles. The number of phenols is 1. The summed E-state index contributed by atoms with van der Waals surface area (Å²) in [4.78, 5) is 36.0. The van der Waals surface area contributed by atoms with Crippen LogP contribution in [0.5, 0.6) is 5.75 Å². The van der Waals surface area contributed by atoms with Crippen molar-refractivity contribution in [3.8, 4) is 5.75 Å². The third-order valence-electron chi connectivity index (χ3n) is 4.42. The summed E-state index contributed by atoms with van der Waals surface area (Å²) in [6.45, 7) is 3.55. The Bertz CT molecular complexity index is 872. The molecular formula is C20H18O5. The van der Waals surface area contributed by atoms with E-state index in [9.17, 15) is 19.5 Å². The molecule has 2 aliphatic rings. The Kier molecular flexibility index (Phi) is 4.17. The summed E-state index contributed by atoms with van der Waals surface area (Å²) < 4.78 is 5.90. The Labute approximate surface area is 145 Å². The summed E-state index contributed by atoms with van der Waals surface area (Å²) >= 11 is 0. The van der Waals surface area contributed by atoms with Crippen molar-refractivity contribution in [3.63, 3.8) is 0 Å². The molecule has 1 heterocycles. The normalized spacial score (nSPS) is 22.4. The van der Waals surface area contributed by atoms with Gasteiger partial charge in [0, 0.05) is 11.1 Å². The van der Waals surface area contributed by atoms with Crippen LogP contribution in [-0.4, -0.2) is 28.6 Å². The molecule has 128 valence electrons. The quantitative estimate of drug-likeness (QED) is 0.673. The van der Waals surface area contributed by atoms with Gasteiger partial charge in [-0.05, 0) is 62.6 Å². The van der Waals surface area contributed by atoms with E-state index in [0.29, 0.717) is 18.4 Å². The lowest BCUT2D eigenvalue weighted by molar-refractivity contribution is -0.104. The molecule has 1 aromatic rings. The minimum Gasteiger partial charge on any atom is -0.508 e. The maximum absolute atomic E-state index is 12.7. The standard InChI is InChI=1S/C20H18O5/c1-12(11-21)4-3-8-20(2)9-7-15-17(23)14-6-5-13(22)10-16(14)18(24)19(15)25-20/h4-7,9-11,22H,3,8H2,1-2H3/b12-4+/t20-/m1/s1. The van der Waals surface area contributed by atoms with Crippen LogP contribution in [0.2, 0.25) is 0 Å². The first-order valence-electron chi connectivity index (χ1n) is 8.01. The zero-order valence-corrected chi connectivity index (χ0v) is 14.0. The number of carbonyl (C=O) groups excluding carboxylic acids is 3. The molecule has 5 heteroatoms. The second kappa shape index (κ2) is 6.16. The molecule has 0 amide bonds. The maximum Gasteiger partial charge on any atom is 0.229 e. The van der Waals surface area contributed by atoms with Crippen LogP contribution in [0, 0.1) is 0 Å². The van der Waals surface area contributed by atoms with Crippen molar-refractivity contribution in [2.75, 3.05) is 0 Å². The number of hydrogen-bond donors (Lipinski definition) is 1. The van der Waals surface area contributed by atoms with Gasteiger partial charge in [0.15, 0.2) is 11.5 Å². The van der Waals surface area contributed by atoms with Crippen LogP contribution in [0.1, 0.15) is 47.4 Å². The van der Waals surface area contributed by atoms with Crippen LogP contribution in [0.25, 0.3) is 0 Å². The number of phenolic OH excluding ortho intramolecular Hbond substituents is 1. The molecule has 0 saturated heterocycles. The Balaban J connectivity index is 1.89. The van der Waals surface area contributed by atoms with Crippen LogP contribution in [0.4, 0.5) is 0 Å². The van der Waals surface area contributed by atoms with Crippen molar-refractivity contribution in [2.24, 2.45) is 0 Å². The number of ether oxygens (including phenoxy) is 1. The number of hydrogen-bond acceptors (Lipinski definition) is 5. The Morgan fingerprint density at radius 3 is 2.72 bits per heavy atom. The van der Waals surface area contributed by atoms with Crippen molar-refractivity contribution in [1.82, 2.24) is 0 Å². The zero-order chi connectivity index (χ0) is 18.2. The molecule has 1 aliphatic carbocycles. The molecule has 0 spiro atoms. The first kappa shape index (κ1) is 16.9. The summed E-state index contributed by atoms with van der Waals surface area (Å²) in [5.41, 5.74) is 0.542. The molecule has 0 fully saturated rings. The summed E-state index contributed by atoms with van der Waals surface area (Å²) in [5, 5.41) is 9.61. The van der Waals surface area contributed by atoms with Crippen LogP contribution in [-0.2, 0) is 9.53 Å². The highest BCUT2D eigenvalue weighted by Gasteiger charge is 2.39. The number of aromatic hydroxyl groups is 1. The van der Waals surface area contributed by atoms with Gasteiger partial charge in [-0.1, -0.05) is 6.08 Å². The Morgan fingerprint density at radius 2 is 2.00 bits per heavy atom. The second-order valence-corrected chi connectivity index (χ2v) is 6.48. The van der Waals surface area contributed by atoms with Crippen molar-refractivity contribution >= 4 is 17.9 Å². The average Bonchev–Trinajstić information content (AvgIpc) is 2.59. The number of allylic oxidation sites excluding steroid dienone is 5. The predicted octanol–water partition coefficient (Wildman–Crippen LogP) is 3.30. The molecule has 0 saturated carbocycles. The molecule has 1 N–H and O–H groups in total. The van der Waals surface area contributed by atoms with E-state index in [1.165, 1.54) is 18.2 Å². The van der Waals surface area contributed by atoms with Crippen LogP contribution in [0.15, 0.2) is 53.3 Å². The molecule has 25 heavy (non-hydrogen) atoms. The fraction of sp³-hybridized carbons (Fsp3) is 0.250. The maximum atomic E-state index is 12.7. The number of rotatable bonds is 4. The highest BCUT2D eigenvalue weighted by Crippen LogP contribution is 2.37. The van der Waals surface area contributed by atoms with Gasteiger partial charge in [0.25, 0.3) is 0 Å². The van der Waals surface area contributed by atoms with Gasteiger partial charge >= 0.3 is 0 Å². The Hall–Kier alpha value is -2.95. The number of fused-ring (bicyclic) bond motifs is 1. The van der Waals surface area contributed by atoms with Gasteiger partial charge in [0.2, 0.25) is 5.78 Å². The molecule has 5 nitrogen and oxygen atoms in total. The molecule has 0 bridgehead atoms. The number of ketones is 2. The highest BCUT2D eigenvalue weighted by molar-refractivity contribution is 6.27. The topological polar surface area (TPSA) is 80.7 Å². The van der Waals surface area contributed by atoms with E-state index in [-0.39, 0.29) is 34.0 Å². The van der Waals surface area contributed by atoms with Gasteiger partial charge < -0.3 is 9.84 Å². The van der Waals surface area contributed by atoms with Crippen molar-refractivity contribution < 1.29 is 24.2 Å². The fourth-order valence-electron chi connectivity index (χ4n) is 2.96. The van der Waals surface area contributed by atoms with Crippen LogP contribution in [0.3, 0.4) is 0 Å². The fourth-order valence-corrected chi connectivity index (χ4v) is 2.96. The van der Waals surface area contributed by atoms with E-state index in [1.807, 2.05) is 6.92 Å². The lowest BCUT2D eigenvalue weighted by atomic mass is 9.84. The van der Waals surface area contributed by atoms with Gasteiger partial charge in [-0.3, -0.25) is 14.4 Å². The van der Waals surface area contributed by atoms with E-state index >= 15 is 0 Å². The lowest BCUT2D eigenvalue weighted by Crippen LogP contribution is -2.34. The molecular weight excluding hydrogens is 320 g/mol. The molecule has 0 unspecified atom stereocenters. The van der Waals surface area contributed by atoms with Crippen molar-refractivity contribution in [1.29, 1.82) is 0 Å². The summed E-state index contributed by atoms with van der Waals surface area (Å²) in [6, 6.07) is 4.12. The van der Waals surface area contributed by atoms with E-state index in [2.05, 4.69) is 0 Å². The number of benzene rings is 1. The van der Waals surface area contributed by atoms with Crippen LogP contribution < -0.4 is 0 Å². The lowest BCUT2D eigenvalue weighted by Gasteiger charge is -2.34. The SMILES string of the molecule is C/C(C=O)=C\CC[C@]1(C)C=CC2=C(O1)C(=O)c1cc(O)ccc1C2=O. The van der Waals surface area contributed by atoms with E-state index < -0.39 is 11.4 Å². The van der Waals surface area contributed by atoms with Gasteiger partial charge in [0.05, 0.1) is 5.57 Å². The second-order valence-electron chi connectivity index (χ2n) is 6.48. The predicted molar refractivity (Wildman–Crippen MR) is 91.5 cm³/mol. The van der Waals surface area contributed by atoms with Gasteiger partial charge in [-0.25, -0.2) is 0 Å². The monoisotopic (exact) mass is 338 g/mol.